The zero-order chi connectivity index (χ0) is 19.0. The van der Waals surface area contributed by atoms with Crippen molar-refractivity contribution in [2.75, 3.05) is 0 Å². The molecule has 0 aliphatic carbocycles. The van der Waals surface area contributed by atoms with E-state index in [2.05, 4.69) is 5.32 Å². The molecule has 25 heavy (non-hydrogen) atoms. The molecule has 1 aromatic carbocycles. The number of ether oxygens (including phenoxy) is 1. The molecule has 0 spiro atoms. The average Bonchev–Trinajstić information content (AvgIpc) is 2.72. The summed E-state index contributed by atoms with van der Waals surface area (Å²) in [7, 11) is -0.725. The van der Waals surface area contributed by atoms with Crippen LogP contribution in [-0.4, -0.2) is 30.5 Å². The van der Waals surface area contributed by atoms with Gasteiger partial charge in [-0.3, -0.25) is 0 Å². The Kier molecular flexibility index (Phi) is 5.49. The predicted octanol–water partition coefficient (Wildman–Crippen LogP) is 3.07. The lowest BCUT2D eigenvalue weighted by molar-refractivity contribution is 0.0523. The molecule has 1 N–H and O–H groups in total. The van der Waals surface area contributed by atoms with Gasteiger partial charge in [-0.15, -0.1) is 0 Å². The van der Waals surface area contributed by atoms with Gasteiger partial charge in [0.1, 0.15) is 11.4 Å². The van der Waals surface area contributed by atoms with Gasteiger partial charge >= 0.3 is 13.2 Å². The van der Waals surface area contributed by atoms with Crippen molar-refractivity contribution in [1.29, 1.82) is 0 Å². The normalized spacial score (nSPS) is 19.8. The van der Waals surface area contributed by atoms with E-state index in [4.69, 9.17) is 14.0 Å². The van der Waals surface area contributed by atoms with Crippen LogP contribution >= 0.6 is 0 Å². The van der Waals surface area contributed by atoms with Crippen molar-refractivity contribution < 1.29 is 23.2 Å². The van der Waals surface area contributed by atoms with Gasteiger partial charge in [0.2, 0.25) is 0 Å². The van der Waals surface area contributed by atoms with Gasteiger partial charge in [-0.05, 0) is 59.6 Å². The molecule has 1 fully saturated rings. The molecule has 2 rings (SSSR count). The summed E-state index contributed by atoms with van der Waals surface area (Å²) in [5.41, 5.74) is 0.461. The van der Waals surface area contributed by atoms with E-state index in [-0.39, 0.29) is 18.5 Å². The van der Waals surface area contributed by atoms with Crippen molar-refractivity contribution in [2.45, 2.75) is 72.3 Å². The Hall–Kier alpha value is -1.60. The highest BCUT2D eigenvalue weighted by molar-refractivity contribution is 6.62. The Morgan fingerprint density at radius 1 is 1.40 bits per heavy atom. The molecule has 1 aliphatic rings. The number of halogens is 1. The Labute approximate surface area is 149 Å². The van der Waals surface area contributed by atoms with Gasteiger partial charge in [-0.1, -0.05) is 12.1 Å². The largest absolute Gasteiger partial charge is 0.497 e. The minimum atomic E-state index is -0.725. The first-order valence-electron chi connectivity index (χ1n) is 8.49. The zero-order valence-electron chi connectivity index (χ0n) is 16.0. The van der Waals surface area contributed by atoms with Crippen molar-refractivity contribution in [1.82, 2.24) is 5.32 Å². The van der Waals surface area contributed by atoms with E-state index in [1.807, 2.05) is 20.8 Å². The Bertz CT molecular complexity index is 657. The molecule has 0 saturated carbocycles. The van der Waals surface area contributed by atoms with Crippen LogP contribution in [0.15, 0.2) is 12.1 Å². The van der Waals surface area contributed by atoms with Crippen LogP contribution in [-0.2, 0) is 20.6 Å². The van der Waals surface area contributed by atoms with Crippen LogP contribution in [0, 0.1) is 12.7 Å². The van der Waals surface area contributed by atoms with Crippen molar-refractivity contribution >= 4 is 18.7 Å². The maximum Gasteiger partial charge on any atom is 0.497 e. The number of rotatable bonds is 3. The van der Waals surface area contributed by atoms with E-state index in [1.54, 1.807) is 39.8 Å². The van der Waals surface area contributed by atoms with E-state index in [0.717, 1.165) is 0 Å². The summed E-state index contributed by atoms with van der Waals surface area (Å²) in [6, 6.07) is 3.42. The molecule has 1 amide bonds. The Morgan fingerprint density at radius 2 is 2.04 bits per heavy atom. The molecular weight excluding hydrogens is 324 g/mol. The van der Waals surface area contributed by atoms with Crippen molar-refractivity contribution in [3.63, 3.8) is 0 Å². The Balaban J connectivity index is 2.09. The van der Waals surface area contributed by atoms with E-state index in [9.17, 15) is 9.18 Å². The first kappa shape index (κ1) is 19.7. The minimum Gasteiger partial charge on any atom is -0.444 e. The van der Waals surface area contributed by atoms with Gasteiger partial charge in [-0.2, -0.15) is 0 Å². The molecule has 1 heterocycles. The monoisotopic (exact) mass is 351 g/mol. The molecule has 1 saturated heterocycles. The second kappa shape index (κ2) is 6.96. The molecule has 0 bridgehead atoms. The first-order valence-corrected chi connectivity index (χ1v) is 8.49. The maximum atomic E-state index is 14.8. The molecule has 5 nitrogen and oxygen atoms in total. The molecule has 138 valence electrons. The summed E-state index contributed by atoms with van der Waals surface area (Å²) < 4.78 is 31.5. The lowest BCUT2D eigenvalue weighted by Crippen LogP contribution is -2.37. The second-order valence-corrected chi connectivity index (χ2v) is 7.94. The predicted molar refractivity (Wildman–Crippen MR) is 95.3 cm³/mol. The summed E-state index contributed by atoms with van der Waals surface area (Å²) in [5, 5.41) is 2.64. The minimum absolute atomic E-state index is 0.134. The zero-order valence-corrected chi connectivity index (χ0v) is 16.0. The van der Waals surface area contributed by atoms with Gasteiger partial charge in [0.05, 0.1) is 11.7 Å². The van der Waals surface area contributed by atoms with Crippen LogP contribution in [0.2, 0.25) is 0 Å². The van der Waals surface area contributed by atoms with Gasteiger partial charge in [0, 0.05) is 12.0 Å². The van der Waals surface area contributed by atoms with Gasteiger partial charge in [0.25, 0.3) is 0 Å². The van der Waals surface area contributed by atoms with E-state index >= 15 is 0 Å². The third-order valence-corrected chi connectivity index (χ3v) is 4.32. The van der Waals surface area contributed by atoms with Gasteiger partial charge < -0.3 is 19.4 Å². The first-order chi connectivity index (χ1) is 11.4. The second-order valence-electron chi connectivity index (χ2n) is 7.94. The van der Waals surface area contributed by atoms with E-state index in [0.29, 0.717) is 16.6 Å². The number of nitrogens with one attached hydrogen (secondary N) is 1. The SMILES string of the molecule is Cc1c(CNC(=O)OC(C)(C)C)ccc(B2OC(C)C(C)(C)O2)c1F. The highest BCUT2D eigenvalue weighted by Gasteiger charge is 2.45. The molecule has 0 radical (unpaired) electrons. The lowest BCUT2D eigenvalue weighted by Gasteiger charge is -2.21. The van der Waals surface area contributed by atoms with E-state index in [1.165, 1.54) is 0 Å². The molecule has 1 atom stereocenters. The van der Waals surface area contributed by atoms with Crippen molar-refractivity contribution in [3.05, 3.63) is 29.1 Å². The van der Waals surface area contributed by atoms with Crippen molar-refractivity contribution in [3.8, 4) is 0 Å². The van der Waals surface area contributed by atoms with Crippen LogP contribution in [0.25, 0.3) is 0 Å². The smallest absolute Gasteiger partial charge is 0.444 e. The van der Waals surface area contributed by atoms with Crippen LogP contribution in [0.1, 0.15) is 52.7 Å². The summed E-state index contributed by atoms with van der Waals surface area (Å²) in [5.74, 6) is -0.376. The number of carbonyl (C=O) groups is 1. The van der Waals surface area contributed by atoms with Crippen LogP contribution in [0.5, 0.6) is 0 Å². The summed E-state index contributed by atoms with van der Waals surface area (Å²) in [6.07, 6.45) is -0.667. The van der Waals surface area contributed by atoms with Crippen molar-refractivity contribution in [2.24, 2.45) is 0 Å². The number of hydrogen-bond acceptors (Lipinski definition) is 4. The third kappa shape index (κ3) is 4.73. The maximum absolute atomic E-state index is 14.8. The summed E-state index contributed by atoms with van der Waals surface area (Å²) in [6.45, 7) is 13.0. The molecular formula is C18H27BFNO4. The lowest BCUT2D eigenvalue weighted by atomic mass is 9.77. The van der Waals surface area contributed by atoms with E-state index < -0.39 is 24.4 Å². The van der Waals surface area contributed by atoms with Crippen LogP contribution < -0.4 is 10.8 Å². The number of carbonyl (C=O) groups excluding carboxylic acids is 1. The third-order valence-electron chi connectivity index (χ3n) is 4.32. The average molecular weight is 351 g/mol. The van der Waals surface area contributed by atoms with Crippen LogP contribution in [0.3, 0.4) is 0 Å². The fraction of sp³-hybridized carbons (Fsp3) is 0.611. The highest BCUT2D eigenvalue weighted by Crippen LogP contribution is 2.27. The molecule has 7 heteroatoms. The Morgan fingerprint density at radius 3 is 2.56 bits per heavy atom. The van der Waals surface area contributed by atoms with Gasteiger partial charge in [-0.25, -0.2) is 9.18 Å². The molecule has 1 aliphatic heterocycles. The van der Waals surface area contributed by atoms with Gasteiger partial charge in [0.15, 0.2) is 0 Å². The fourth-order valence-corrected chi connectivity index (χ4v) is 2.49. The number of alkyl carbamates (subject to hydrolysis) is 1. The summed E-state index contributed by atoms with van der Waals surface area (Å²) >= 11 is 0. The number of benzene rings is 1. The fourth-order valence-electron chi connectivity index (χ4n) is 2.49. The highest BCUT2D eigenvalue weighted by atomic mass is 19.1. The standard InChI is InChI=1S/C18H27BFNO4/c1-11-13(10-21-16(22)23-17(3,4)5)8-9-14(15(11)20)19-24-12(2)18(6,7)25-19/h8-9,12H,10H2,1-7H3,(H,21,22). The number of hydrogen-bond donors (Lipinski definition) is 1. The molecule has 1 unspecified atom stereocenters. The summed E-state index contributed by atoms with van der Waals surface area (Å²) in [4.78, 5) is 11.7. The van der Waals surface area contributed by atoms with Crippen LogP contribution in [0.4, 0.5) is 9.18 Å². The molecule has 1 aromatic rings. The topological polar surface area (TPSA) is 56.8 Å². The quantitative estimate of drug-likeness (QED) is 0.851. The molecule has 0 aromatic heterocycles. The number of amides is 1.